The van der Waals surface area contributed by atoms with Gasteiger partial charge < -0.3 is 5.32 Å². The van der Waals surface area contributed by atoms with Gasteiger partial charge in [-0.2, -0.15) is 11.8 Å². The molecule has 0 aliphatic rings. The minimum absolute atomic E-state index is 0.258. The number of rotatable bonds is 8. The second-order valence-corrected chi connectivity index (χ2v) is 8.51. The lowest BCUT2D eigenvalue weighted by atomic mass is 10.2. The molecule has 1 aromatic carbocycles. The molecule has 1 rings (SSSR count). The van der Waals surface area contributed by atoms with Gasteiger partial charge in [0.25, 0.3) is 0 Å². The molecule has 21 heavy (non-hydrogen) atoms. The molecule has 0 heterocycles. The topological polar surface area (TPSA) is 58.2 Å². The van der Waals surface area contributed by atoms with Crippen LogP contribution in [0.2, 0.25) is 0 Å². The minimum atomic E-state index is -3.88. The first-order chi connectivity index (χ1) is 9.81. The van der Waals surface area contributed by atoms with Gasteiger partial charge in [-0.15, -0.1) is 0 Å². The molecule has 0 amide bonds. The number of benzene rings is 1. The highest BCUT2D eigenvalue weighted by Crippen LogP contribution is 2.24. The summed E-state index contributed by atoms with van der Waals surface area (Å²) in [5.41, 5.74) is 0.308. The molecule has 0 bridgehead atoms. The number of sulfonamides is 1. The molecule has 1 aromatic rings. The Bertz CT molecular complexity index is 582. The molecule has 0 radical (unpaired) electrons. The molecule has 0 aliphatic carbocycles. The van der Waals surface area contributed by atoms with Crippen LogP contribution in [0.4, 0.5) is 4.39 Å². The molecule has 1 unspecified atom stereocenters. The third kappa shape index (κ3) is 5.52. The molecular formula is C13H20BrFN2O2S2. The average molecular weight is 399 g/mol. The zero-order valence-electron chi connectivity index (χ0n) is 12.2. The largest absolute Gasteiger partial charge is 0.316 e. The Hall–Kier alpha value is -0.150. The summed E-state index contributed by atoms with van der Waals surface area (Å²) >= 11 is 4.86. The van der Waals surface area contributed by atoms with Crippen LogP contribution in [0.5, 0.6) is 0 Å². The van der Waals surface area contributed by atoms with Crippen molar-refractivity contribution < 1.29 is 12.8 Å². The second kappa shape index (κ2) is 8.47. The first-order valence-electron chi connectivity index (χ1n) is 6.54. The van der Waals surface area contributed by atoms with Crippen LogP contribution in [0, 0.1) is 5.82 Å². The lowest BCUT2D eigenvalue weighted by molar-refractivity contribution is 0.540. The van der Waals surface area contributed by atoms with Crippen LogP contribution >= 0.6 is 27.7 Å². The summed E-state index contributed by atoms with van der Waals surface area (Å²) in [6, 6.07) is 2.60. The standard InChI is InChI=1S/C13H20BrFN2O2S2/c1-4-20-8-9(2)17-21(18,19)12-6-11(14)5-10(7-16-3)13(12)15/h5-6,9,16-17H,4,7-8H2,1-3H3. The summed E-state index contributed by atoms with van der Waals surface area (Å²) < 4.78 is 42.1. The monoisotopic (exact) mass is 398 g/mol. The van der Waals surface area contributed by atoms with E-state index in [1.54, 1.807) is 31.8 Å². The van der Waals surface area contributed by atoms with Crippen molar-refractivity contribution >= 4 is 37.7 Å². The van der Waals surface area contributed by atoms with Crippen LogP contribution in [0.25, 0.3) is 0 Å². The van der Waals surface area contributed by atoms with Gasteiger partial charge >= 0.3 is 0 Å². The predicted octanol–water partition coefficient (Wildman–Crippen LogP) is 2.73. The molecule has 120 valence electrons. The van der Waals surface area contributed by atoms with Gasteiger partial charge in [0, 0.05) is 28.4 Å². The molecular weight excluding hydrogens is 379 g/mol. The van der Waals surface area contributed by atoms with Gasteiger partial charge in [0.2, 0.25) is 10.0 Å². The smallest absolute Gasteiger partial charge is 0.243 e. The molecule has 8 heteroatoms. The van der Waals surface area contributed by atoms with Gasteiger partial charge in [-0.05, 0) is 31.9 Å². The highest BCUT2D eigenvalue weighted by Gasteiger charge is 2.23. The maximum Gasteiger partial charge on any atom is 0.243 e. The van der Waals surface area contributed by atoms with Crippen molar-refractivity contribution in [2.75, 3.05) is 18.6 Å². The summed E-state index contributed by atoms with van der Waals surface area (Å²) in [4.78, 5) is -0.324. The van der Waals surface area contributed by atoms with E-state index in [9.17, 15) is 12.8 Å². The third-order valence-corrected chi connectivity index (χ3v) is 5.85. The van der Waals surface area contributed by atoms with Gasteiger partial charge in [0.15, 0.2) is 0 Å². The highest BCUT2D eigenvalue weighted by atomic mass is 79.9. The van der Waals surface area contributed by atoms with Crippen molar-refractivity contribution in [3.8, 4) is 0 Å². The molecule has 1 atom stereocenters. The lowest BCUT2D eigenvalue weighted by Crippen LogP contribution is -2.35. The summed E-state index contributed by atoms with van der Waals surface area (Å²) in [6.45, 7) is 4.03. The van der Waals surface area contributed by atoms with Crippen LogP contribution in [-0.4, -0.2) is 33.0 Å². The van der Waals surface area contributed by atoms with Gasteiger partial charge in [0.1, 0.15) is 10.7 Å². The van der Waals surface area contributed by atoms with Gasteiger partial charge in [0.05, 0.1) is 0 Å². The van der Waals surface area contributed by atoms with Crippen molar-refractivity contribution in [2.24, 2.45) is 0 Å². The van der Waals surface area contributed by atoms with Crippen LogP contribution in [-0.2, 0) is 16.6 Å². The van der Waals surface area contributed by atoms with Crippen molar-refractivity contribution in [1.82, 2.24) is 10.0 Å². The second-order valence-electron chi connectivity index (χ2n) is 4.59. The van der Waals surface area contributed by atoms with Gasteiger partial charge in [-0.1, -0.05) is 22.9 Å². The molecule has 0 aromatic heterocycles. The SMILES string of the molecule is CCSCC(C)NS(=O)(=O)c1cc(Br)cc(CNC)c1F. The van der Waals surface area contributed by atoms with E-state index >= 15 is 0 Å². The van der Waals surface area contributed by atoms with E-state index in [2.05, 4.69) is 26.0 Å². The Morgan fingerprint density at radius 3 is 2.67 bits per heavy atom. The first kappa shape index (κ1) is 18.9. The Kier molecular flexibility index (Phi) is 7.63. The quantitative estimate of drug-likeness (QED) is 0.706. The fourth-order valence-electron chi connectivity index (χ4n) is 1.79. The summed E-state index contributed by atoms with van der Waals surface area (Å²) in [7, 11) is -2.20. The minimum Gasteiger partial charge on any atom is -0.316 e. The fourth-order valence-corrected chi connectivity index (χ4v) is 4.61. The number of nitrogens with one attached hydrogen (secondary N) is 2. The first-order valence-corrected chi connectivity index (χ1v) is 9.97. The molecule has 0 saturated carbocycles. The van der Waals surface area contributed by atoms with E-state index in [1.807, 2.05) is 6.92 Å². The number of halogens is 2. The van der Waals surface area contributed by atoms with Gasteiger partial charge in [-0.3, -0.25) is 0 Å². The van der Waals surface area contributed by atoms with E-state index in [0.29, 0.717) is 15.8 Å². The Morgan fingerprint density at radius 1 is 1.43 bits per heavy atom. The number of thioether (sulfide) groups is 1. The highest BCUT2D eigenvalue weighted by molar-refractivity contribution is 9.10. The van der Waals surface area contributed by atoms with E-state index < -0.39 is 15.8 Å². The fraction of sp³-hybridized carbons (Fsp3) is 0.538. The maximum atomic E-state index is 14.4. The zero-order valence-corrected chi connectivity index (χ0v) is 15.5. The number of hydrogen-bond acceptors (Lipinski definition) is 4. The van der Waals surface area contributed by atoms with Crippen LogP contribution in [0.1, 0.15) is 19.4 Å². The van der Waals surface area contributed by atoms with Crippen molar-refractivity contribution in [2.45, 2.75) is 31.3 Å². The van der Waals surface area contributed by atoms with E-state index in [1.165, 1.54) is 6.07 Å². The molecule has 2 N–H and O–H groups in total. The average Bonchev–Trinajstić information content (AvgIpc) is 2.39. The summed E-state index contributed by atoms with van der Waals surface area (Å²) in [6.07, 6.45) is 0. The van der Waals surface area contributed by atoms with Crippen LogP contribution < -0.4 is 10.0 Å². The van der Waals surface area contributed by atoms with E-state index in [0.717, 1.165) is 5.75 Å². The molecule has 0 fully saturated rings. The Balaban J connectivity index is 3.07. The van der Waals surface area contributed by atoms with Crippen molar-refractivity contribution in [3.63, 3.8) is 0 Å². The maximum absolute atomic E-state index is 14.4. The zero-order chi connectivity index (χ0) is 16.0. The Labute approximate surface area is 138 Å². The van der Waals surface area contributed by atoms with E-state index in [4.69, 9.17) is 0 Å². The Morgan fingerprint density at radius 2 is 2.10 bits per heavy atom. The third-order valence-electron chi connectivity index (χ3n) is 2.66. The lowest BCUT2D eigenvalue weighted by Gasteiger charge is -2.15. The number of hydrogen-bond donors (Lipinski definition) is 2. The van der Waals surface area contributed by atoms with Crippen molar-refractivity contribution in [1.29, 1.82) is 0 Å². The van der Waals surface area contributed by atoms with Crippen molar-refractivity contribution in [3.05, 3.63) is 28.0 Å². The summed E-state index contributed by atoms with van der Waals surface area (Å²) in [5.74, 6) is 0.841. The molecule has 0 aliphatic heterocycles. The van der Waals surface area contributed by atoms with Crippen LogP contribution in [0.3, 0.4) is 0 Å². The van der Waals surface area contributed by atoms with Crippen LogP contribution in [0.15, 0.2) is 21.5 Å². The summed E-state index contributed by atoms with van der Waals surface area (Å²) in [5, 5.41) is 2.82. The molecule has 0 spiro atoms. The predicted molar refractivity (Wildman–Crippen MR) is 89.6 cm³/mol. The molecule has 0 saturated heterocycles. The normalized spacial score (nSPS) is 13.4. The molecule has 4 nitrogen and oxygen atoms in total. The van der Waals surface area contributed by atoms with Gasteiger partial charge in [-0.25, -0.2) is 17.5 Å². The van der Waals surface area contributed by atoms with E-state index in [-0.39, 0.29) is 17.5 Å².